The van der Waals surface area contributed by atoms with Gasteiger partial charge in [0, 0.05) is 5.69 Å². The molecule has 2 rings (SSSR count). The van der Waals surface area contributed by atoms with Crippen LogP contribution >= 0.6 is 0 Å². The van der Waals surface area contributed by atoms with Crippen molar-refractivity contribution in [3.63, 3.8) is 0 Å². The van der Waals surface area contributed by atoms with E-state index in [9.17, 15) is 0 Å². The van der Waals surface area contributed by atoms with Crippen molar-refractivity contribution in [3.8, 4) is 0 Å². The molecular weight excluding hydrogens is 225 g/mol. The largest absolute Gasteiger partial charge is 0.407 e. The van der Waals surface area contributed by atoms with Gasteiger partial charge in [-0.05, 0) is 23.9 Å². The normalized spacial score (nSPS) is 10.3. The van der Waals surface area contributed by atoms with E-state index in [2.05, 4.69) is 0 Å². The summed E-state index contributed by atoms with van der Waals surface area (Å²) in [6, 6.07) is 17.6. The lowest BCUT2D eigenvalue weighted by Gasteiger charge is -2.15. The van der Waals surface area contributed by atoms with Gasteiger partial charge in [-0.3, -0.25) is 9.69 Å². The molecule has 2 N–H and O–H groups in total. The van der Waals surface area contributed by atoms with Crippen molar-refractivity contribution in [2.75, 3.05) is 12.3 Å². The molecule has 4 heteroatoms. The van der Waals surface area contributed by atoms with Gasteiger partial charge in [0.15, 0.2) is 0 Å². The van der Waals surface area contributed by atoms with Gasteiger partial charge in [0.05, 0.1) is 6.61 Å². The van der Waals surface area contributed by atoms with Gasteiger partial charge in [0.2, 0.25) is 0 Å². The Balaban J connectivity index is 2.34. The fourth-order valence-electron chi connectivity index (χ4n) is 1.80. The zero-order chi connectivity index (χ0) is 12.8. The number of anilines is 1. The number of nitrogen functional groups attached to an aromatic ring is 1. The van der Waals surface area contributed by atoms with Crippen LogP contribution in [0.15, 0.2) is 54.6 Å². The van der Waals surface area contributed by atoms with E-state index in [1.807, 2.05) is 61.5 Å². The molecule has 0 radical (unpaired) electrons. The predicted molar refractivity (Wildman–Crippen MR) is 75.0 cm³/mol. The average Bonchev–Trinajstić information content (AvgIpc) is 2.42. The molecule has 3 nitrogen and oxygen atoms in total. The Morgan fingerprint density at radius 2 is 1.67 bits per heavy atom. The summed E-state index contributed by atoms with van der Waals surface area (Å²) in [6.07, 6.45) is 0. The van der Waals surface area contributed by atoms with Gasteiger partial charge < -0.3 is 5.73 Å². The lowest BCUT2D eigenvalue weighted by atomic mass is 9.55. The molecule has 0 aliphatic heterocycles. The number of nitrogens with two attached hydrogens (primary N) is 1. The van der Waals surface area contributed by atoms with E-state index in [-0.39, 0.29) is 6.92 Å². The van der Waals surface area contributed by atoms with Crippen LogP contribution in [-0.2, 0) is 9.69 Å². The van der Waals surface area contributed by atoms with Crippen molar-refractivity contribution in [2.45, 2.75) is 6.92 Å². The smallest absolute Gasteiger partial charge is 0.399 e. The van der Waals surface area contributed by atoms with Crippen LogP contribution in [0.25, 0.3) is 0 Å². The standard InChI is InChI=1S/C14H16BNO2/c1-2-17-18-15(12-8-4-3-5-9-12)13-10-6-7-11-14(13)16/h3-11H,2,16H2,1H3. The first-order chi connectivity index (χ1) is 8.83. The molecule has 0 saturated carbocycles. The maximum atomic E-state index is 5.99. The Labute approximate surface area is 108 Å². The zero-order valence-corrected chi connectivity index (χ0v) is 10.4. The van der Waals surface area contributed by atoms with Gasteiger partial charge in [-0.1, -0.05) is 48.5 Å². The number of para-hydroxylation sites is 1. The molecule has 0 spiro atoms. The number of hydrogen-bond acceptors (Lipinski definition) is 3. The monoisotopic (exact) mass is 241 g/mol. The summed E-state index contributed by atoms with van der Waals surface area (Å²) in [7, 11) is 0. The van der Waals surface area contributed by atoms with Crippen molar-refractivity contribution in [2.24, 2.45) is 0 Å². The molecule has 0 unspecified atom stereocenters. The molecule has 0 fully saturated rings. The second-order valence-corrected chi connectivity index (χ2v) is 3.92. The van der Waals surface area contributed by atoms with E-state index in [0.717, 1.165) is 10.9 Å². The first-order valence-corrected chi connectivity index (χ1v) is 6.00. The summed E-state index contributed by atoms with van der Waals surface area (Å²) in [5.41, 5.74) is 8.63. The summed E-state index contributed by atoms with van der Waals surface area (Å²) < 4.78 is 0. The Kier molecular flexibility index (Phi) is 4.39. The third-order valence-electron chi connectivity index (χ3n) is 2.66. The Morgan fingerprint density at radius 3 is 2.33 bits per heavy atom. The Bertz CT molecular complexity index is 490. The predicted octanol–water partition coefficient (Wildman–Crippen LogP) is 1.34. The summed E-state index contributed by atoms with van der Waals surface area (Å²) in [4.78, 5) is 10.6. The van der Waals surface area contributed by atoms with Crippen LogP contribution in [0.3, 0.4) is 0 Å². The third kappa shape index (κ3) is 2.91. The number of benzene rings is 2. The molecule has 18 heavy (non-hydrogen) atoms. The van der Waals surface area contributed by atoms with Crippen LogP contribution in [-0.4, -0.2) is 13.5 Å². The van der Waals surface area contributed by atoms with E-state index in [4.69, 9.17) is 15.4 Å². The second kappa shape index (κ2) is 6.24. The molecule has 0 aromatic heterocycles. The fourth-order valence-corrected chi connectivity index (χ4v) is 1.80. The molecule has 92 valence electrons. The van der Waals surface area contributed by atoms with E-state index in [0.29, 0.717) is 12.3 Å². The third-order valence-corrected chi connectivity index (χ3v) is 2.66. The summed E-state index contributed by atoms with van der Waals surface area (Å²) >= 11 is 0. The molecule has 0 aliphatic rings. The molecular formula is C14H16BNO2. The van der Waals surface area contributed by atoms with E-state index < -0.39 is 0 Å². The minimum Gasteiger partial charge on any atom is -0.399 e. The maximum Gasteiger partial charge on any atom is 0.407 e. The molecule has 0 saturated heterocycles. The van der Waals surface area contributed by atoms with Gasteiger partial charge in [-0.2, -0.15) is 0 Å². The minimum atomic E-state index is -0.299. The highest BCUT2D eigenvalue weighted by Crippen LogP contribution is 2.02. The topological polar surface area (TPSA) is 44.5 Å². The maximum absolute atomic E-state index is 5.99. The van der Waals surface area contributed by atoms with Crippen LogP contribution in [0.4, 0.5) is 5.69 Å². The van der Waals surface area contributed by atoms with Gasteiger partial charge in [-0.15, -0.1) is 0 Å². The quantitative estimate of drug-likeness (QED) is 0.372. The highest BCUT2D eigenvalue weighted by atomic mass is 17.2. The summed E-state index contributed by atoms with van der Waals surface area (Å²) in [5.74, 6) is 0. The summed E-state index contributed by atoms with van der Waals surface area (Å²) in [5, 5.41) is 0. The van der Waals surface area contributed by atoms with Crippen molar-refractivity contribution in [1.29, 1.82) is 0 Å². The van der Waals surface area contributed by atoms with Crippen LogP contribution in [0.2, 0.25) is 0 Å². The molecule has 0 atom stereocenters. The first kappa shape index (κ1) is 12.7. The minimum absolute atomic E-state index is 0.299. The average molecular weight is 241 g/mol. The lowest BCUT2D eigenvalue weighted by molar-refractivity contribution is -0.205. The van der Waals surface area contributed by atoms with Gasteiger partial charge in [-0.25, -0.2) is 0 Å². The molecule has 0 bridgehead atoms. The van der Waals surface area contributed by atoms with Gasteiger partial charge in [0.1, 0.15) is 0 Å². The Morgan fingerprint density at radius 1 is 1.00 bits per heavy atom. The van der Waals surface area contributed by atoms with Crippen molar-refractivity contribution >= 4 is 23.5 Å². The Hall–Kier alpha value is -1.78. The lowest BCUT2D eigenvalue weighted by Crippen LogP contribution is -2.46. The van der Waals surface area contributed by atoms with Crippen LogP contribution in [0.5, 0.6) is 0 Å². The fraction of sp³-hybridized carbons (Fsp3) is 0.143. The number of rotatable bonds is 5. The highest BCUT2D eigenvalue weighted by molar-refractivity contribution is 6.81. The second-order valence-electron chi connectivity index (χ2n) is 3.92. The first-order valence-electron chi connectivity index (χ1n) is 6.00. The molecule has 0 amide bonds. The zero-order valence-electron chi connectivity index (χ0n) is 10.4. The molecule has 0 heterocycles. The van der Waals surface area contributed by atoms with Crippen molar-refractivity contribution in [3.05, 3.63) is 54.6 Å². The SMILES string of the molecule is CCOOB(c1ccccc1)c1ccccc1N. The molecule has 0 aliphatic carbocycles. The van der Waals surface area contributed by atoms with Crippen molar-refractivity contribution in [1.82, 2.24) is 0 Å². The molecule has 2 aromatic rings. The van der Waals surface area contributed by atoms with Crippen LogP contribution in [0, 0.1) is 0 Å². The summed E-state index contributed by atoms with van der Waals surface area (Å²) in [6.45, 7) is 2.08. The van der Waals surface area contributed by atoms with Crippen molar-refractivity contribution < 1.29 is 9.69 Å². The molecule has 2 aromatic carbocycles. The van der Waals surface area contributed by atoms with Gasteiger partial charge >= 0.3 is 6.92 Å². The van der Waals surface area contributed by atoms with Crippen LogP contribution < -0.4 is 16.7 Å². The van der Waals surface area contributed by atoms with Crippen LogP contribution in [0.1, 0.15) is 6.92 Å². The van der Waals surface area contributed by atoms with E-state index in [1.165, 1.54) is 0 Å². The van der Waals surface area contributed by atoms with Gasteiger partial charge in [0.25, 0.3) is 0 Å². The highest BCUT2D eigenvalue weighted by Gasteiger charge is 2.24. The number of hydrogen-bond donors (Lipinski definition) is 1. The van der Waals surface area contributed by atoms with E-state index >= 15 is 0 Å². The van der Waals surface area contributed by atoms with E-state index in [1.54, 1.807) is 0 Å².